The van der Waals surface area contributed by atoms with Crippen LogP contribution in [0.5, 0.6) is 0 Å². The number of aliphatic hydroxyl groups excluding tert-OH is 1. The monoisotopic (exact) mass is 253 g/mol. The molecule has 4 heteroatoms. The molecular formula is C12H12ClNOS. The van der Waals surface area contributed by atoms with E-state index < -0.39 is 6.10 Å². The predicted molar refractivity (Wildman–Crippen MR) is 67.0 cm³/mol. The van der Waals surface area contributed by atoms with E-state index in [1.165, 1.54) is 11.3 Å². The third-order valence-electron chi connectivity index (χ3n) is 2.33. The Morgan fingerprint density at radius 3 is 2.88 bits per heavy atom. The normalized spacial score (nSPS) is 12.7. The van der Waals surface area contributed by atoms with Crippen LogP contribution < -0.4 is 0 Å². The molecule has 0 aliphatic rings. The van der Waals surface area contributed by atoms with Crippen LogP contribution >= 0.6 is 22.9 Å². The summed E-state index contributed by atoms with van der Waals surface area (Å²) in [5.41, 5.74) is 1.82. The maximum absolute atomic E-state index is 10.0. The Labute approximate surface area is 104 Å². The molecule has 1 N–H and O–H groups in total. The molecule has 0 bridgehead atoms. The highest BCUT2D eigenvalue weighted by Crippen LogP contribution is 2.26. The lowest BCUT2D eigenvalue weighted by molar-refractivity contribution is 0.179. The Morgan fingerprint density at radius 1 is 1.44 bits per heavy atom. The Balaban J connectivity index is 2.11. The highest BCUT2D eigenvalue weighted by atomic mass is 35.5. The summed E-state index contributed by atoms with van der Waals surface area (Å²) >= 11 is 7.35. The molecule has 2 aromatic rings. The maximum atomic E-state index is 10.0. The Morgan fingerprint density at radius 2 is 2.25 bits per heavy atom. The van der Waals surface area contributed by atoms with Gasteiger partial charge in [-0.25, -0.2) is 0 Å². The van der Waals surface area contributed by atoms with Gasteiger partial charge in [0.2, 0.25) is 0 Å². The standard InChI is InChI=1S/C12H12ClNOS/c1-8-6-9(4-5-14-8)11(15)7-10-2-3-12(13)16-10/h2-6,11,15H,7H2,1H3. The molecule has 2 heterocycles. The quantitative estimate of drug-likeness (QED) is 0.910. The van der Waals surface area contributed by atoms with Gasteiger partial charge in [0.25, 0.3) is 0 Å². The Kier molecular flexibility index (Phi) is 3.59. The van der Waals surface area contributed by atoms with Crippen molar-refractivity contribution < 1.29 is 5.11 Å². The van der Waals surface area contributed by atoms with E-state index in [2.05, 4.69) is 4.98 Å². The van der Waals surface area contributed by atoms with E-state index in [0.29, 0.717) is 6.42 Å². The van der Waals surface area contributed by atoms with Crippen LogP contribution in [0.2, 0.25) is 4.34 Å². The van der Waals surface area contributed by atoms with Crippen molar-refractivity contribution in [3.63, 3.8) is 0 Å². The summed E-state index contributed by atoms with van der Waals surface area (Å²) in [4.78, 5) is 5.19. The summed E-state index contributed by atoms with van der Waals surface area (Å²) in [6, 6.07) is 7.54. The van der Waals surface area contributed by atoms with E-state index in [0.717, 1.165) is 20.5 Å². The summed E-state index contributed by atoms with van der Waals surface area (Å²) in [6.07, 6.45) is 1.83. The fraction of sp³-hybridized carbons (Fsp3) is 0.250. The van der Waals surface area contributed by atoms with Gasteiger partial charge < -0.3 is 5.11 Å². The van der Waals surface area contributed by atoms with Crippen molar-refractivity contribution in [2.75, 3.05) is 0 Å². The Bertz CT molecular complexity index is 483. The topological polar surface area (TPSA) is 33.1 Å². The number of hydrogen-bond acceptors (Lipinski definition) is 3. The molecule has 1 unspecified atom stereocenters. The molecule has 0 aliphatic carbocycles. The van der Waals surface area contributed by atoms with Gasteiger partial charge in [-0.3, -0.25) is 4.98 Å². The zero-order valence-electron chi connectivity index (χ0n) is 8.85. The summed E-state index contributed by atoms with van der Waals surface area (Å²) in [5, 5.41) is 10.0. The average Bonchev–Trinajstić information content (AvgIpc) is 2.64. The van der Waals surface area contributed by atoms with Crippen LogP contribution in [0.15, 0.2) is 30.5 Å². The zero-order valence-corrected chi connectivity index (χ0v) is 10.4. The van der Waals surface area contributed by atoms with Crippen LogP contribution in [0.25, 0.3) is 0 Å². The van der Waals surface area contributed by atoms with Crippen molar-refractivity contribution in [3.05, 3.63) is 50.9 Å². The molecule has 0 fully saturated rings. The van der Waals surface area contributed by atoms with Gasteiger partial charge in [0.05, 0.1) is 10.4 Å². The van der Waals surface area contributed by atoms with E-state index in [1.54, 1.807) is 6.20 Å². The second kappa shape index (κ2) is 4.95. The molecule has 0 radical (unpaired) electrons. The number of thiophene rings is 1. The number of aromatic nitrogens is 1. The third kappa shape index (κ3) is 2.82. The molecule has 0 saturated heterocycles. The molecular weight excluding hydrogens is 242 g/mol. The fourth-order valence-corrected chi connectivity index (χ4v) is 2.67. The van der Waals surface area contributed by atoms with Gasteiger partial charge in [0.15, 0.2) is 0 Å². The molecule has 0 amide bonds. The zero-order chi connectivity index (χ0) is 11.5. The van der Waals surface area contributed by atoms with Gasteiger partial charge in [0.1, 0.15) is 0 Å². The first-order chi connectivity index (χ1) is 7.65. The summed E-state index contributed by atoms with van der Waals surface area (Å²) in [5.74, 6) is 0. The minimum Gasteiger partial charge on any atom is -0.388 e. The number of pyridine rings is 1. The van der Waals surface area contributed by atoms with Crippen LogP contribution in [-0.2, 0) is 6.42 Å². The van der Waals surface area contributed by atoms with Crippen LogP contribution in [0.3, 0.4) is 0 Å². The van der Waals surface area contributed by atoms with Crippen molar-refractivity contribution in [3.8, 4) is 0 Å². The number of aryl methyl sites for hydroxylation is 1. The lowest BCUT2D eigenvalue weighted by atomic mass is 10.1. The first-order valence-corrected chi connectivity index (χ1v) is 6.19. The molecule has 2 rings (SSSR count). The summed E-state index contributed by atoms with van der Waals surface area (Å²) in [6.45, 7) is 1.91. The van der Waals surface area contributed by atoms with Crippen LogP contribution in [-0.4, -0.2) is 10.1 Å². The van der Waals surface area contributed by atoms with Crippen LogP contribution in [0, 0.1) is 6.92 Å². The smallest absolute Gasteiger partial charge is 0.0931 e. The highest BCUT2D eigenvalue weighted by Gasteiger charge is 2.10. The molecule has 1 atom stereocenters. The van der Waals surface area contributed by atoms with Crippen molar-refractivity contribution in [2.24, 2.45) is 0 Å². The first kappa shape index (κ1) is 11.6. The number of hydrogen-bond donors (Lipinski definition) is 1. The number of halogens is 1. The van der Waals surface area contributed by atoms with Gasteiger partial charge >= 0.3 is 0 Å². The van der Waals surface area contributed by atoms with Gasteiger partial charge in [-0.15, -0.1) is 11.3 Å². The molecule has 0 aromatic carbocycles. The predicted octanol–water partition coefficient (Wildman–Crippen LogP) is 3.38. The van der Waals surface area contributed by atoms with Gasteiger partial charge in [0, 0.05) is 23.2 Å². The molecule has 2 aromatic heterocycles. The van der Waals surface area contributed by atoms with E-state index in [9.17, 15) is 5.11 Å². The number of nitrogens with zero attached hydrogens (tertiary/aromatic N) is 1. The summed E-state index contributed by atoms with van der Waals surface area (Å²) < 4.78 is 0.758. The van der Waals surface area contributed by atoms with Gasteiger partial charge in [-0.05, 0) is 36.8 Å². The van der Waals surface area contributed by atoms with E-state index >= 15 is 0 Å². The second-order valence-electron chi connectivity index (χ2n) is 3.66. The highest BCUT2D eigenvalue weighted by molar-refractivity contribution is 7.16. The van der Waals surface area contributed by atoms with Crippen molar-refractivity contribution in [1.82, 2.24) is 4.98 Å². The SMILES string of the molecule is Cc1cc(C(O)Cc2ccc(Cl)s2)ccn1. The number of aliphatic hydroxyl groups is 1. The van der Waals surface area contributed by atoms with E-state index in [1.807, 2.05) is 31.2 Å². The van der Waals surface area contributed by atoms with Gasteiger partial charge in [-0.1, -0.05) is 11.6 Å². The largest absolute Gasteiger partial charge is 0.388 e. The molecule has 2 nitrogen and oxygen atoms in total. The average molecular weight is 254 g/mol. The molecule has 0 spiro atoms. The van der Waals surface area contributed by atoms with Crippen LogP contribution in [0.1, 0.15) is 22.2 Å². The summed E-state index contributed by atoms with van der Waals surface area (Å²) in [7, 11) is 0. The minimum absolute atomic E-state index is 0.489. The van der Waals surface area contributed by atoms with E-state index in [4.69, 9.17) is 11.6 Å². The van der Waals surface area contributed by atoms with Crippen LogP contribution in [0.4, 0.5) is 0 Å². The van der Waals surface area contributed by atoms with Crippen molar-refractivity contribution in [1.29, 1.82) is 0 Å². The fourth-order valence-electron chi connectivity index (χ4n) is 1.54. The molecule has 84 valence electrons. The minimum atomic E-state index is -0.489. The Hall–Kier alpha value is -0.900. The first-order valence-electron chi connectivity index (χ1n) is 5.00. The van der Waals surface area contributed by atoms with Crippen molar-refractivity contribution in [2.45, 2.75) is 19.4 Å². The van der Waals surface area contributed by atoms with E-state index in [-0.39, 0.29) is 0 Å². The number of rotatable bonds is 3. The third-order valence-corrected chi connectivity index (χ3v) is 3.58. The second-order valence-corrected chi connectivity index (χ2v) is 5.46. The van der Waals surface area contributed by atoms with Crippen molar-refractivity contribution >= 4 is 22.9 Å². The lowest BCUT2D eigenvalue weighted by Crippen LogP contribution is -2.01. The molecule has 0 saturated carbocycles. The maximum Gasteiger partial charge on any atom is 0.0931 e. The molecule has 0 aliphatic heterocycles. The van der Waals surface area contributed by atoms with Gasteiger partial charge in [-0.2, -0.15) is 0 Å². The lowest BCUT2D eigenvalue weighted by Gasteiger charge is -2.09. The molecule has 16 heavy (non-hydrogen) atoms.